The second-order valence-electron chi connectivity index (χ2n) is 14.6. The van der Waals surface area contributed by atoms with Crippen molar-refractivity contribution in [2.45, 2.75) is 43.5 Å². The zero-order chi connectivity index (χ0) is 45.2. The molecule has 2 aliphatic heterocycles. The number of primary amides is 1. The van der Waals surface area contributed by atoms with Crippen molar-refractivity contribution < 1.29 is 42.1 Å². The highest BCUT2D eigenvalue weighted by Gasteiger charge is 2.42. The van der Waals surface area contributed by atoms with Crippen LogP contribution >= 0.6 is 15.9 Å². The van der Waals surface area contributed by atoms with Gasteiger partial charge in [-0.3, -0.25) is 33.8 Å². The van der Waals surface area contributed by atoms with Gasteiger partial charge in [-0.25, -0.2) is 18.3 Å². The van der Waals surface area contributed by atoms with Crippen molar-refractivity contribution in [2.24, 2.45) is 5.73 Å². The molecule has 2 unspecified atom stereocenters. The third-order valence-corrected chi connectivity index (χ3v) is 12.2. The van der Waals surface area contributed by atoms with Crippen molar-refractivity contribution in [3.63, 3.8) is 0 Å². The van der Waals surface area contributed by atoms with E-state index in [1.807, 2.05) is 6.92 Å². The molecule has 21 heteroatoms. The van der Waals surface area contributed by atoms with E-state index in [0.29, 0.717) is 54.1 Å². The van der Waals surface area contributed by atoms with Crippen molar-refractivity contribution in [1.82, 2.24) is 34.7 Å². The van der Waals surface area contributed by atoms with E-state index in [9.17, 15) is 37.4 Å². The van der Waals surface area contributed by atoms with Crippen LogP contribution in [-0.2, 0) is 25.4 Å². The van der Waals surface area contributed by atoms with Crippen LogP contribution in [0.5, 0.6) is 5.75 Å². The first-order valence-electron chi connectivity index (χ1n) is 20.0. The van der Waals surface area contributed by atoms with Gasteiger partial charge in [0.05, 0.1) is 37.8 Å². The first kappa shape index (κ1) is 46.3. The number of imide groups is 1. The summed E-state index contributed by atoms with van der Waals surface area (Å²) in [6.45, 7) is 5.11. The quantitative estimate of drug-likeness (QED) is 0.0485. The summed E-state index contributed by atoms with van der Waals surface area (Å²) >= 11 is 3.37. The Labute approximate surface area is 373 Å². The number of fused-ring (bicyclic) bond motifs is 1. The maximum Gasteiger partial charge on any atom is 0.265 e. The van der Waals surface area contributed by atoms with E-state index in [4.69, 9.17) is 10.5 Å². The van der Waals surface area contributed by atoms with E-state index in [2.05, 4.69) is 51.5 Å². The number of aromatic nitrogens is 2. The second-order valence-corrected chi connectivity index (χ2v) is 16.8. The Morgan fingerprint density at radius 1 is 1.02 bits per heavy atom. The summed E-state index contributed by atoms with van der Waals surface area (Å²) in [7, 11) is -0.00771. The molecular weight excluding hydrogens is 903 g/mol. The van der Waals surface area contributed by atoms with Crippen LogP contribution < -0.4 is 31.1 Å². The van der Waals surface area contributed by atoms with Crippen LogP contribution in [0.4, 0.5) is 27.5 Å². The lowest BCUT2D eigenvalue weighted by Crippen LogP contribution is -2.50. The van der Waals surface area contributed by atoms with Gasteiger partial charge < -0.3 is 36.1 Å². The van der Waals surface area contributed by atoms with E-state index < -0.39 is 40.6 Å². The van der Waals surface area contributed by atoms with Gasteiger partial charge in [0.15, 0.2) is 6.61 Å². The number of amides is 5. The molecule has 0 radical (unpaired) electrons. The summed E-state index contributed by atoms with van der Waals surface area (Å²) in [5, 5.41) is 8.51. The number of nitrogens with two attached hydrogens (primary N) is 1. The standard InChI is InChI=1S/C42H46BrFN10O8S/c1-25-21-27(12-13-31(25)50-42-47-22-29(43)39(51-42)49-32-9-6-8-30(44)37(32)38(45)58)63(61)48-15-3-4-16-52-17-19-53(20-18-52)35(57)24-62-33-10-5-7-28-36(33)41(60)54(40(28)59)26(23-55)11-14-34(56)46-2/h5-10,12-13,21-23,26,48H,3-4,11,14-20,24H2,1-2H3,(H2,45,58)(H,46,56)(H2,47,49,50,51). The lowest BCUT2D eigenvalue weighted by molar-refractivity contribution is -0.135. The molecule has 0 saturated carbocycles. The lowest BCUT2D eigenvalue weighted by atomic mass is 10.1. The van der Waals surface area contributed by atoms with Gasteiger partial charge in [-0.15, -0.1) is 0 Å². The fourth-order valence-electron chi connectivity index (χ4n) is 7.05. The van der Waals surface area contributed by atoms with Crippen molar-refractivity contribution in [2.75, 3.05) is 63.6 Å². The fraction of sp³-hybridized carbons (Fsp3) is 0.333. The summed E-state index contributed by atoms with van der Waals surface area (Å²) in [6.07, 6.45) is 3.51. The molecule has 3 aromatic carbocycles. The van der Waals surface area contributed by atoms with Crippen LogP contribution in [0.2, 0.25) is 0 Å². The number of nitrogens with zero attached hydrogens (tertiary/aromatic N) is 5. The number of aldehydes is 1. The molecule has 4 aromatic rings. The molecule has 0 spiro atoms. The van der Waals surface area contributed by atoms with E-state index in [1.54, 1.807) is 29.2 Å². The molecule has 5 amide bonds. The molecular formula is C42H46BrFN10O8S. The van der Waals surface area contributed by atoms with E-state index in [1.165, 1.54) is 37.5 Å². The van der Waals surface area contributed by atoms with Gasteiger partial charge in [0.1, 0.15) is 34.7 Å². The predicted octanol–water partition coefficient (Wildman–Crippen LogP) is 3.58. The SMILES string of the molecule is CNC(=O)CCC(C=O)N1C(=O)c2cccc(OCC(=O)N3CCN(CCCCNS(=O)c4ccc(Nc5ncc(Br)c(Nc6cccc(F)c6C(N)=O)n5)c(C)c4)CC3)c2C1=O. The minimum absolute atomic E-state index is 0.0166. The van der Waals surface area contributed by atoms with Crippen LogP contribution in [0.25, 0.3) is 0 Å². The fourth-order valence-corrected chi connectivity index (χ4v) is 8.31. The van der Waals surface area contributed by atoms with Crippen LogP contribution in [0.1, 0.15) is 62.3 Å². The average molecular weight is 950 g/mol. The van der Waals surface area contributed by atoms with Gasteiger partial charge in [-0.1, -0.05) is 12.1 Å². The topological polar surface area (TPSA) is 238 Å². The lowest BCUT2D eigenvalue weighted by Gasteiger charge is -2.34. The van der Waals surface area contributed by atoms with Crippen molar-refractivity contribution in [3.8, 4) is 5.75 Å². The maximum atomic E-state index is 14.3. The monoisotopic (exact) mass is 948 g/mol. The zero-order valence-electron chi connectivity index (χ0n) is 34.4. The van der Waals surface area contributed by atoms with Crippen LogP contribution in [0.15, 0.2) is 70.2 Å². The van der Waals surface area contributed by atoms with Gasteiger partial charge in [0.25, 0.3) is 23.6 Å². The maximum absolute atomic E-state index is 14.3. The number of carbonyl (C=O) groups is 6. The minimum Gasteiger partial charge on any atom is -0.483 e. The zero-order valence-corrected chi connectivity index (χ0v) is 36.9. The molecule has 1 aromatic heterocycles. The van der Waals surface area contributed by atoms with Gasteiger partial charge in [0.2, 0.25) is 11.9 Å². The van der Waals surface area contributed by atoms with E-state index >= 15 is 0 Å². The molecule has 2 aliphatic rings. The number of carbonyl (C=O) groups excluding carboxylic acids is 6. The molecule has 1 saturated heterocycles. The van der Waals surface area contributed by atoms with Crippen LogP contribution in [0, 0.1) is 12.7 Å². The Morgan fingerprint density at radius 2 is 1.78 bits per heavy atom. The molecule has 18 nitrogen and oxygen atoms in total. The number of hydrogen-bond acceptors (Lipinski definition) is 13. The van der Waals surface area contributed by atoms with E-state index in [-0.39, 0.29) is 71.2 Å². The highest BCUT2D eigenvalue weighted by Crippen LogP contribution is 2.33. The number of halogens is 2. The first-order valence-corrected chi connectivity index (χ1v) is 21.9. The van der Waals surface area contributed by atoms with Crippen molar-refractivity contribution >= 4 is 85.9 Å². The normalized spacial score (nSPS) is 14.8. The Bertz CT molecular complexity index is 2440. The Kier molecular flexibility index (Phi) is 15.7. The number of nitrogens with one attached hydrogen (secondary N) is 4. The highest BCUT2D eigenvalue weighted by atomic mass is 79.9. The number of benzene rings is 3. The molecule has 2 atom stereocenters. The Balaban J connectivity index is 0.907. The summed E-state index contributed by atoms with van der Waals surface area (Å²) < 4.78 is 36.7. The molecule has 0 bridgehead atoms. The molecule has 6 N–H and O–H groups in total. The number of unbranched alkanes of at least 4 members (excludes halogenated alkanes) is 1. The molecule has 3 heterocycles. The van der Waals surface area contributed by atoms with Gasteiger partial charge in [-0.05, 0) is 96.7 Å². The number of anilines is 4. The Hall–Kier alpha value is -6.16. The number of piperazine rings is 1. The summed E-state index contributed by atoms with van der Waals surface area (Å²) in [5.41, 5.74) is 6.74. The van der Waals surface area contributed by atoms with E-state index in [0.717, 1.165) is 35.9 Å². The molecule has 63 heavy (non-hydrogen) atoms. The molecule has 0 aliphatic carbocycles. The van der Waals surface area contributed by atoms with Gasteiger partial charge in [-0.2, -0.15) is 4.98 Å². The second kappa shape index (κ2) is 21.3. The van der Waals surface area contributed by atoms with Gasteiger partial charge >= 0.3 is 0 Å². The highest BCUT2D eigenvalue weighted by molar-refractivity contribution is 9.10. The average Bonchev–Trinajstić information content (AvgIpc) is 3.53. The number of hydrogen-bond donors (Lipinski definition) is 5. The number of rotatable bonds is 20. The van der Waals surface area contributed by atoms with Crippen molar-refractivity contribution in [1.29, 1.82) is 0 Å². The number of aryl methyl sites for hydroxylation is 1. The van der Waals surface area contributed by atoms with Crippen molar-refractivity contribution in [3.05, 3.63) is 93.3 Å². The third-order valence-electron chi connectivity index (χ3n) is 10.5. The first-order chi connectivity index (χ1) is 30.3. The summed E-state index contributed by atoms with van der Waals surface area (Å²) in [5.74, 6) is -3.11. The van der Waals surface area contributed by atoms with Crippen LogP contribution in [-0.4, -0.2) is 124 Å². The predicted molar refractivity (Wildman–Crippen MR) is 235 cm³/mol. The minimum atomic E-state index is -1.46. The summed E-state index contributed by atoms with van der Waals surface area (Å²) in [6, 6.07) is 12.8. The van der Waals surface area contributed by atoms with Crippen LogP contribution in [0.3, 0.4) is 0 Å². The Morgan fingerprint density at radius 3 is 2.49 bits per heavy atom. The largest absolute Gasteiger partial charge is 0.483 e. The molecule has 1 fully saturated rings. The molecule has 6 rings (SSSR count). The third kappa shape index (κ3) is 11.3. The number of ether oxygens (including phenoxy) is 1. The van der Waals surface area contributed by atoms with Gasteiger partial charge in [0, 0.05) is 58.1 Å². The molecule has 332 valence electrons. The smallest absolute Gasteiger partial charge is 0.265 e. The summed E-state index contributed by atoms with van der Waals surface area (Å²) in [4.78, 5) is 89.0.